The maximum Gasteiger partial charge on any atom is 0.390 e. The molecule has 0 aromatic heterocycles. The van der Waals surface area contributed by atoms with Gasteiger partial charge in [0.1, 0.15) is 5.82 Å². The zero-order valence-electron chi connectivity index (χ0n) is 10.1. The minimum Gasteiger partial charge on any atom is -0.469 e. The van der Waals surface area contributed by atoms with E-state index in [0.717, 1.165) is 19.2 Å². The molecule has 1 aromatic rings. The van der Waals surface area contributed by atoms with Gasteiger partial charge >= 0.3 is 12.1 Å². The fraction of sp³-hybridized carbons (Fsp3) is 0.417. The number of carbonyl (C=O) groups is 1. The van der Waals surface area contributed by atoms with Crippen molar-refractivity contribution in [2.75, 3.05) is 7.11 Å². The first-order chi connectivity index (χ1) is 8.74. The summed E-state index contributed by atoms with van der Waals surface area (Å²) in [5, 5.41) is 0. The molecule has 0 fully saturated rings. The second-order valence-electron chi connectivity index (χ2n) is 4.04. The van der Waals surface area contributed by atoms with Crippen LogP contribution in [0.1, 0.15) is 17.9 Å². The molecule has 0 radical (unpaired) electrons. The number of hydrogen-bond donors (Lipinski definition) is 1. The highest BCUT2D eigenvalue weighted by Crippen LogP contribution is 2.29. The number of benzene rings is 1. The largest absolute Gasteiger partial charge is 0.469 e. The van der Waals surface area contributed by atoms with Gasteiger partial charge in [0.25, 0.3) is 0 Å². The number of methoxy groups -OCH3 is 1. The van der Waals surface area contributed by atoms with Crippen molar-refractivity contribution in [1.82, 2.24) is 0 Å². The Morgan fingerprint density at radius 1 is 1.32 bits per heavy atom. The van der Waals surface area contributed by atoms with Crippen molar-refractivity contribution in [2.24, 2.45) is 5.73 Å². The van der Waals surface area contributed by atoms with Gasteiger partial charge in [-0.25, -0.2) is 4.39 Å². The van der Waals surface area contributed by atoms with Gasteiger partial charge in [0.15, 0.2) is 0 Å². The molecule has 2 N–H and O–H groups in total. The number of halogens is 4. The first kappa shape index (κ1) is 15.4. The van der Waals surface area contributed by atoms with E-state index < -0.39 is 36.3 Å². The quantitative estimate of drug-likeness (QED) is 0.680. The van der Waals surface area contributed by atoms with Crippen LogP contribution in [0.5, 0.6) is 0 Å². The summed E-state index contributed by atoms with van der Waals surface area (Å²) in [6.07, 6.45) is -5.82. The lowest BCUT2D eigenvalue weighted by molar-refractivity contribution is -0.149. The lowest BCUT2D eigenvalue weighted by atomic mass is 9.90. The van der Waals surface area contributed by atoms with Crippen LogP contribution in [0.3, 0.4) is 0 Å². The Kier molecular flexibility index (Phi) is 4.88. The molecule has 0 saturated heterocycles. The van der Waals surface area contributed by atoms with Crippen molar-refractivity contribution in [2.45, 2.75) is 24.6 Å². The summed E-state index contributed by atoms with van der Waals surface area (Å²) < 4.78 is 54.2. The highest BCUT2D eigenvalue weighted by Gasteiger charge is 2.37. The zero-order chi connectivity index (χ0) is 14.6. The van der Waals surface area contributed by atoms with Crippen molar-refractivity contribution in [3.05, 3.63) is 35.6 Å². The summed E-state index contributed by atoms with van der Waals surface area (Å²) in [5.41, 5.74) is 5.62. The summed E-state index contributed by atoms with van der Waals surface area (Å²) in [6.45, 7) is 0. The molecule has 0 aliphatic heterocycles. The van der Waals surface area contributed by atoms with Gasteiger partial charge in [-0.1, -0.05) is 12.1 Å². The third-order valence-electron chi connectivity index (χ3n) is 2.58. The summed E-state index contributed by atoms with van der Waals surface area (Å²) >= 11 is 0. The van der Waals surface area contributed by atoms with Crippen molar-refractivity contribution < 1.29 is 27.1 Å². The Morgan fingerprint density at radius 3 is 2.26 bits per heavy atom. The van der Waals surface area contributed by atoms with E-state index >= 15 is 0 Å². The average Bonchev–Trinajstić information content (AvgIpc) is 2.29. The molecular formula is C12H13F4NO2. The third kappa shape index (κ3) is 4.51. The summed E-state index contributed by atoms with van der Waals surface area (Å²) in [5.74, 6) is -2.73. The molecule has 19 heavy (non-hydrogen) atoms. The maximum absolute atomic E-state index is 12.8. The SMILES string of the molecule is COC(=O)C(c1ccc(F)cc1)C(N)CC(F)(F)F. The summed E-state index contributed by atoms with van der Waals surface area (Å²) in [6, 6.07) is 3.04. The summed E-state index contributed by atoms with van der Waals surface area (Å²) in [7, 11) is 1.05. The van der Waals surface area contributed by atoms with E-state index in [9.17, 15) is 22.4 Å². The second-order valence-corrected chi connectivity index (χ2v) is 4.04. The van der Waals surface area contributed by atoms with Crippen LogP contribution in [0.2, 0.25) is 0 Å². The fourth-order valence-electron chi connectivity index (χ4n) is 1.74. The molecule has 0 spiro atoms. The van der Waals surface area contributed by atoms with Crippen LogP contribution in [-0.2, 0) is 9.53 Å². The van der Waals surface area contributed by atoms with Crippen LogP contribution >= 0.6 is 0 Å². The Morgan fingerprint density at radius 2 is 1.84 bits per heavy atom. The van der Waals surface area contributed by atoms with Gasteiger partial charge in [0.2, 0.25) is 0 Å². The minimum atomic E-state index is -4.49. The highest BCUT2D eigenvalue weighted by atomic mass is 19.4. The average molecular weight is 279 g/mol. The maximum atomic E-state index is 12.8. The van der Waals surface area contributed by atoms with Gasteiger partial charge in [0, 0.05) is 6.04 Å². The number of alkyl halides is 3. The van der Waals surface area contributed by atoms with Crippen LogP contribution in [0.4, 0.5) is 17.6 Å². The molecule has 3 nitrogen and oxygen atoms in total. The monoisotopic (exact) mass is 279 g/mol. The predicted octanol–water partition coefficient (Wildman–Crippen LogP) is 2.36. The molecule has 0 amide bonds. The molecular weight excluding hydrogens is 266 g/mol. The van der Waals surface area contributed by atoms with Gasteiger partial charge in [0.05, 0.1) is 19.4 Å². The van der Waals surface area contributed by atoms with E-state index in [1.807, 2.05) is 0 Å². The Balaban J connectivity index is 3.01. The van der Waals surface area contributed by atoms with Gasteiger partial charge < -0.3 is 10.5 Å². The Labute approximate surface area is 107 Å². The lowest BCUT2D eigenvalue weighted by Crippen LogP contribution is -2.38. The van der Waals surface area contributed by atoms with E-state index in [1.54, 1.807) is 0 Å². The number of carbonyl (C=O) groups excluding carboxylic acids is 1. The van der Waals surface area contributed by atoms with Gasteiger partial charge in [-0.15, -0.1) is 0 Å². The van der Waals surface area contributed by atoms with Crippen LogP contribution in [-0.4, -0.2) is 25.3 Å². The van der Waals surface area contributed by atoms with Crippen LogP contribution < -0.4 is 5.73 Å². The topological polar surface area (TPSA) is 52.3 Å². The Hall–Kier alpha value is -1.63. The second kappa shape index (κ2) is 6.01. The van der Waals surface area contributed by atoms with Gasteiger partial charge in [-0.05, 0) is 17.7 Å². The number of esters is 1. The van der Waals surface area contributed by atoms with Gasteiger partial charge in [-0.2, -0.15) is 13.2 Å². The number of ether oxygens (including phenoxy) is 1. The van der Waals surface area contributed by atoms with Crippen molar-refractivity contribution >= 4 is 5.97 Å². The number of rotatable bonds is 4. The standard InChI is InChI=1S/C12H13F4NO2/c1-19-11(18)10(9(17)6-12(14,15)16)7-2-4-8(13)5-3-7/h2-5,9-10H,6,17H2,1H3. The number of hydrogen-bond acceptors (Lipinski definition) is 3. The first-order valence-corrected chi connectivity index (χ1v) is 5.40. The minimum absolute atomic E-state index is 0.185. The Bertz CT molecular complexity index is 430. The number of nitrogens with two attached hydrogens (primary N) is 1. The van der Waals surface area contributed by atoms with E-state index in [1.165, 1.54) is 12.1 Å². The molecule has 1 rings (SSSR count). The van der Waals surface area contributed by atoms with E-state index in [2.05, 4.69) is 4.74 Å². The van der Waals surface area contributed by atoms with E-state index in [0.29, 0.717) is 0 Å². The smallest absolute Gasteiger partial charge is 0.390 e. The molecule has 7 heteroatoms. The summed E-state index contributed by atoms with van der Waals surface area (Å²) in [4.78, 5) is 11.6. The van der Waals surface area contributed by atoms with Crippen LogP contribution in [0.15, 0.2) is 24.3 Å². The lowest BCUT2D eigenvalue weighted by Gasteiger charge is -2.23. The van der Waals surface area contributed by atoms with E-state index in [4.69, 9.17) is 5.73 Å². The molecule has 0 bridgehead atoms. The molecule has 2 atom stereocenters. The van der Waals surface area contributed by atoms with Gasteiger partial charge in [-0.3, -0.25) is 4.79 Å². The molecule has 2 unspecified atom stereocenters. The van der Waals surface area contributed by atoms with E-state index in [-0.39, 0.29) is 5.56 Å². The predicted molar refractivity (Wildman–Crippen MR) is 59.8 cm³/mol. The van der Waals surface area contributed by atoms with Crippen molar-refractivity contribution in [3.63, 3.8) is 0 Å². The first-order valence-electron chi connectivity index (χ1n) is 5.40. The van der Waals surface area contributed by atoms with Crippen LogP contribution in [0, 0.1) is 5.82 Å². The molecule has 0 saturated carbocycles. The fourth-order valence-corrected chi connectivity index (χ4v) is 1.74. The molecule has 1 aromatic carbocycles. The molecule has 0 aliphatic carbocycles. The molecule has 0 heterocycles. The van der Waals surface area contributed by atoms with Crippen LogP contribution in [0.25, 0.3) is 0 Å². The van der Waals surface area contributed by atoms with Crippen molar-refractivity contribution in [3.8, 4) is 0 Å². The highest BCUT2D eigenvalue weighted by molar-refractivity contribution is 5.79. The van der Waals surface area contributed by atoms with Crippen molar-refractivity contribution in [1.29, 1.82) is 0 Å². The molecule has 0 aliphatic rings. The normalized spacial score (nSPS) is 14.8. The third-order valence-corrected chi connectivity index (χ3v) is 2.58. The zero-order valence-corrected chi connectivity index (χ0v) is 10.1. The molecule has 106 valence electrons.